The summed E-state index contributed by atoms with van der Waals surface area (Å²) in [5, 5.41) is 5.07. The minimum Gasteiger partial charge on any atom is -0.466 e. The van der Waals surface area contributed by atoms with Crippen molar-refractivity contribution in [2.45, 2.75) is 58.6 Å². The monoisotopic (exact) mass is 493 g/mol. The number of hydrogen-bond donors (Lipinski definition) is 3. The van der Waals surface area contributed by atoms with Crippen LogP contribution in [0.4, 0.5) is 4.79 Å². The lowest BCUT2D eigenvalue weighted by molar-refractivity contribution is -0.157. The standard InChI is InChI=1S/C24H35N3O8/c1-3-33-20(29)15-18(23(31)34-4-2)21(22(25)30)27-19(28)13-9-6-10-14-26-24(32)35-16-17-11-7-5-8-12-17/h5,7-8,11-12,18,21H,3-4,6,9-10,13-16H2,1-2H3,(H2,25,30)(H,26,32)(H,27,28)/t18-,21-/m0/s1. The number of benzene rings is 1. The molecule has 0 radical (unpaired) electrons. The number of unbranched alkanes of at least 4 members (excludes halogenated alkanes) is 2. The Morgan fingerprint density at radius 1 is 0.914 bits per heavy atom. The van der Waals surface area contributed by atoms with Crippen molar-refractivity contribution in [2.75, 3.05) is 19.8 Å². The van der Waals surface area contributed by atoms with Gasteiger partial charge in [-0.05, 0) is 32.3 Å². The van der Waals surface area contributed by atoms with E-state index >= 15 is 0 Å². The molecule has 0 bridgehead atoms. The van der Waals surface area contributed by atoms with Crippen molar-refractivity contribution in [3.8, 4) is 0 Å². The number of rotatable bonds is 16. The van der Waals surface area contributed by atoms with Crippen molar-refractivity contribution >= 4 is 29.8 Å². The second kappa shape index (κ2) is 16.9. The Bertz CT molecular complexity index is 831. The number of hydrogen-bond acceptors (Lipinski definition) is 8. The molecule has 3 amide bonds. The van der Waals surface area contributed by atoms with Gasteiger partial charge in [-0.15, -0.1) is 0 Å². The number of alkyl carbamates (subject to hydrolysis) is 1. The molecule has 1 aromatic carbocycles. The molecule has 0 unspecified atom stereocenters. The topological polar surface area (TPSA) is 163 Å². The maximum Gasteiger partial charge on any atom is 0.407 e. The van der Waals surface area contributed by atoms with Gasteiger partial charge in [0, 0.05) is 13.0 Å². The molecule has 0 aliphatic carbocycles. The third-order valence-electron chi connectivity index (χ3n) is 4.87. The van der Waals surface area contributed by atoms with Crippen molar-refractivity contribution in [1.29, 1.82) is 0 Å². The highest BCUT2D eigenvalue weighted by Gasteiger charge is 2.37. The normalized spacial score (nSPS) is 12.1. The van der Waals surface area contributed by atoms with E-state index < -0.39 is 48.2 Å². The van der Waals surface area contributed by atoms with Crippen LogP contribution in [-0.4, -0.2) is 55.6 Å². The smallest absolute Gasteiger partial charge is 0.407 e. The summed E-state index contributed by atoms with van der Waals surface area (Å²) in [5.74, 6) is -4.28. The summed E-state index contributed by atoms with van der Waals surface area (Å²) >= 11 is 0. The zero-order valence-electron chi connectivity index (χ0n) is 20.2. The quantitative estimate of drug-likeness (QED) is 0.177. The Morgan fingerprint density at radius 2 is 1.60 bits per heavy atom. The van der Waals surface area contributed by atoms with E-state index in [4.69, 9.17) is 19.9 Å². The minimum absolute atomic E-state index is 0.0332. The van der Waals surface area contributed by atoms with Gasteiger partial charge in [0.2, 0.25) is 11.8 Å². The first kappa shape index (κ1) is 29.4. The summed E-state index contributed by atoms with van der Waals surface area (Å²) in [5.41, 5.74) is 6.27. The number of ether oxygens (including phenoxy) is 3. The SMILES string of the molecule is CCOC(=O)C[C@H](C(=O)OCC)[C@H](NC(=O)CCCCCNC(=O)OCc1ccccc1)C(N)=O. The van der Waals surface area contributed by atoms with Crippen LogP contribution in [0.25, 0.3) is 0 Å². The molecule has 0 aromatic heterocycles. The van der Waals surface area contributed by atoms with Crippen molar-refractivity contribution in [1.82, 2.24) is 10.6 Å². The minimum atomic E-state index is -1.41. The van der Waals surface area contributed by atoms with Crippen LogP contribution in [-0.2, 0) is 40.0 Å². The third kappa shape index (κ3) is 12.4. The molecule has 1 aromatic rings. The lowest BCUT2D eigenvalue weighted by Gasteiger charge is -2.23. The maximum absolute atomic E-state index is 12.3. The second-order valence-electron chi connectivity index (χ2n) is 7.61. The van der Waals surface area contributed by atoms with Gasteiger partial charge in [-0.1, -0.05) is 36.8 Å². The number of nitrogens with two attached hydrogens (primary N) is 1. The van der Waals surface area contributed by atoms with Gasteiger partial charge in [0.05, 0.1) is 25.6 Å². The predicted octanol–water partition coefficient (Wildman–Crippen LogP) is 1.58. The van der Waals surface area contributed by atoms with Crippen molar-refractivity contribution < 1.29 is 38.2 Å². The van der Waals surface area contributed by atoms with E-state index in [9.17, 15) is 24.0 Å². The van der Waals surface area contributed by atoms with E-state index in [0.29, 0.717) is 25.8 Å². The molecule has 1 rings (SSSR count). The molecular weight excluding hydrogens is 458 g/mol. The van der Waals surface area contributed by atoms with Crippen LogP contribution >= 0.6 is 0 Å². The Morgan fingerprint density at radius 3 is 2.23 bits per heavy atom. The van der Waals surface area contributed by atoms with Gasteiger partial charge in [0.25, 0.3) is 0 Å². The first-order valence-corrected chi connectivity index (χ1v) is 11.6. The first-order chi connectivity index (χ1) is 16.8. The molecule has 0 aliphatic rings. The summed E-state index contributed by atoms with van der Waals surface area (Å²) < 4.78 is 14.9. The molecule has 11 nitrogen and oxygen atoms in total. The lowest BCUT2D eigenvalue weighted by atomic mass is 9.95. The zero-order chi connectivity index (χ0) is 26.1. The molecule has 4 N–H and O–H groups in total. The molecule has 0 heterocycles. The van der Waals surface area contributed by atoms with Crippen LogP contribution < -0.4 is 16.4 Å². The van der Waals surface area contributed by atoms with E-state index in [-0.39, 0.29) is 26.2 Å². The van der Waals surface area contributed by atoms with Crippen molar-refractivity contribution in [3.05, 3.63) is 35.9 Å². The number of amides is 3. The summed E-state index contributed by atoms with van der Waals surface area (Å²) in [6, 6.07) is 7.89. The molecule has 0 saturated carbocycles. The number of primary amides is 1. The van der Waals surface area contributed by atoms with Crippen LogP contribution in [0.2, 0.25) is 0 Å². The molecule has 0 spiro atoms. The third-order valence-corrected chi connectivity index (χ3v) is 4.87. The van der Waals surface area contributed by atoms with E-state index in [2.05, 4.69) is 10.6 Å². The Hall–Kier alpha value is -3.63. The zero-order valence-corrected chi connectivity index (χ0v) is 20.2. The van der Waals surface area contributed by atoms with Gasteiger partial charge < -0.3 is 30.6 Å². The maximum atomic E-state index is 12.3. The number of esters is 2. The number of carbonyl (C=O) groups is 5. The fourth-order valence-corrected chi connectivity index (χ4v) is 3.15. The molecule has 0 aliphatic heterocycles. The van der Waals surface area contributed by atoms with Gasteiger partial charge in [-0.3, -0.25) is 19.2 Å². The first-order valence-electron chi connectivity index (χ1n) is 11.6. The molecule has 35 heavy (non-hydrogen) atoms. The fourth-order valence-electron chi connectivity index (χ4n) is 3.15. The Kier molecular flexibility index (Phi) is 14.2. The van der Waals surface area contributed by atoms with Gasteiger partial charge >= 0.3 is 18.0 Å². The summed E-state index contributed by atoms with van der Waals surface area (Å²) in [7, 11) is 0. The molecule has 194 valence electrons. The van der Waals surface area contributed by atoms with Crippen LogP contribution in [0.5, 0.6) is 0 Å². The van der Waals surface area contributed by atoms with E-state index in [1.807, 2.05) is 30.3 Å². The largest absolute Gasteiger partial charge is 0.466 e. The van der Waals surface area contributed by atoms with Gasteiger partial charge in [0.1, 0.15) is 12.6 Å². The molecule has 11 heteroatoms. The summed E-state index contributed by atoms with van der Waals surface area (Å²) in [6.07, 6.45) is 0.797. The second-order valence-corrected chi connectivity index (χ2v) is 7.61. The number of nitrogens with one attached hydrogen (secondary N) is 2. The van der Waals surface area contributed by atoms with E-state index in [1.54, 1.807) is 13.8 Å². The summed E-state index contributed by atoms with van der Waals surface area (Å²) in [4.78, 5) is 60.2. The van der Waals surface area contributed by atoms with Crippen molar-refractivity contribution in [2.24, 2.45) is 11.7 Å². The average molecular weight is 494 g/mol. The fraction of sp³-hybridized carbons (Fsp3) is 0.542. The van der Waals surface area contributed by atoms with Crippen molar-refractivity contribution in [3.63, 3.8) is 0 Å². The molecule has 0 saturated heterocycles. The molecule has 0 fully saturated rings. The Balaban J connectivity index is 2.40. The van der Waals surface area contributed by atoms with Gasteiger partial charge in [-0.2, -0.15) is 0 Å². The van der Waals surface area contributed by atoms with E-state index in [0.717, 1.165) is 5.56 Å². The van der Waals surface area contributed by atoms with Crippen LogP contribution in [0.1, 0.15) is 51.5 Å². The highest BCUT2D eigenvalue weighted by molar-refractivity contribution is 5.92. The van der Waals surface area contributed by atoms with Crippen LogP contribution in [0.15, 0.2) is 30.3 Å². The highest BCUT2D eigenvalue weighted by Crippen LogP contribution is 2.14. The summed E-state index contributed by atoms with van der Waals surface area (Å²) in [6.45, 7) is 3.87. The van der Waals surface area contributed by atoms with Gasteiger partial charge in [0.15, 0.2) is 0 Å². The Labute approximate surface area is 205 Å². The lowest BCUT2D eigenvalue weighted by Crippen LogP contribution is -2.52. The number of carbonyl (C=O) groups excluding carboxylic acids is 5. The highest BCUT2D eigenvalue weighted by atomic mass is 16.5. The van der Waals surface area contributed by atoms with Crippen LogP contribution in [0.3, 0.4) is 0 Å². The predicted molar refractivity (Wildman–Crippen MR) is 126 cm³/mol. The van der Waals surface area contributed by atoms with Crippen LogP contribution in [0, 0.1) is 5.92 Å². The molecule has 2 atom stereocenters. The average Bonchev–Trinajstić information content (AvgIpc) is 2.83. The van der Waals surface area contributed by atoms with E-state index in [1.165, 1.54) is 0 Å². The van der Waals surface area contributed by atoms with Gasteiger partial charge in [-0.25, -0.2) is 4.79 Å². The molecular formula is C24H35N3O8.